The number of aromatic nitrogens is 2. The molecule has 1 saturated carbocycles. The van der Waals surface area contributed by atoms with Crippen molar-refractivity contribution in [3.63, 3.8) is 0 Å². The Labute approximate surface area is 168 Å². The number of nitrogens with zero attached hydrogens (tertiary/aromatic N) is 3. The quantitative estimate of drug-likeness (QED) is 0.611. The third-order valence-corrected chi connectivity index (χ3v) is 5.96. The Kier molecular flexibility index (Phi) is 5.71. The number of amides is 2. The van der Waals surface area contributed by atoms with Gasteiger partial charge < -0.3 is 14.7 Å². The SMILES string of the molecule is CCc1nc(-c2ccc(NC(=O)N(Cc3cccs3)C3CCCC3)cc2)no1. The third-order valence-electron chi connectivity index (χ3n) is 5.10. The van der Waals surface area contributed by atoms with Crippen molar-refractivity contribution in [2.24, 2.45) is 0 Å². The molecule has 6 nitrogen and oxygen atoms in total. The molecule has 0 spiro atoms. The van der Waals surface area contributed by atoms with Crippen LogP contribution in [0.5, 0.6) is 0 Å². The zero-order valence-electron chi connectivity index (χ0n) is 15.9. The lowest BCUT2D eigenvalue weighted by Crippen LogP contribution is -2.40. The minimum absolute atomic E-state index is 0.0409. The first-order valence-electron chi connectivity index (χ1n) is 9.76. The summed E-state index contributed by atoms with van der Waals surface area (Å²) in [4.78, 5) is 20.5. The first-order chi connectivity index (χ1) is 13.7. The molecular formula is C21H24N4O2S. The van der Waals surface area contributed by atoms with Gasteiger partial charge in [0.1, 0.15) is 0 Å². The van der Waals surface area contributed by atoms with E-state index >= 15 is 0 Å². The van der Waals surface area contributed by atoms with Gasteiger partial charge in [-0.25, -0.2) is 4.79 Å². The second-order valence-electron chi connectivity index (χ2n) is 7.02. The van der Waals surface area contributed by atoms with E-state index in [2.05, 4.69) is 26.9 Å². The largest absolute Gasteiger partial charge is 0.339 e. The standard InChI is InChI=1S/C21H24N4O2S/c1-2-19-23-20(24-27-19)15-9-11-16(12-10-15)22-21(26)25(17-6-3-4-7-17)14-18-8-5-13-28-18/h5,8-13,17H,2-4,6-7,14H2,1H3,(H,22,26). The van der Waals surface area contributed by atoms with Gasteiger partial charge in [-0.1, -0.05) is 31.0 Å². The predicted molar refractivity (Wildman–Crippen MR) is 110 cm³/mol. The number of benzene rings is 1. The summed E-state index contributed by atoms with van der Waals surface area (Å²) in [6, 6.07) is 12.0. The Bertz CT molecular complexity index is 899. The van der Waals surface area contributed by atoms with Crippen molar-refractivity contribution < 1.29 is 9.32 Å². The maximum Gasteiger partial charge on any atom is 0.322 e. The van der Waals surface area contributed by atoms with Gasteiger partial charge in [0.2, 0.25) is 11.7 Å². The summed E-state index contributed by atoms with van der Waals surface area (Å²) in [5.41, 5.74) is 1.63. The van der Waals surface area contributed by atoms with E-state index in [0.29, 0.717) is 30.7 Å². The van der Waals surface area contributed by atoms with Crippen molar-refractivity contribution in [3.05, 3.63) is 52.5 Å². The van der Waals surface area contributed by atoms with Crippen LogP contribution in [-0.4, -0.2) is 27.1 Å². The minimum atomic E-state index is -0.0409. The van der Waals surface area contributed by atoms with Crippen LogP contribution in [0, 0.1) is 0 Å². The Morgan fingerprint density at radius 2 is 2.04 bits per heavy atom. The molecule has 1 aliphatic rings. The van der Waals surface area contributed by atoms with Crippen molar-refractivity contribution in [3.8, 4) is 11.4 Å². The van der Waals surface area contributed by atoms with E-state index in [1.165, 1.54) is 17.7 Å². The summed E-state index contributed by atoms with van der Waals surface area (Å²) in [6.07, 6.45) is 5.25. The molecule has 0 radical (unpaired) electrons. The van der Waals surface area contributed by atoms with E-state index in [1.807, 2.05) is 42.2 Å². The number of hydrogen-bond acceptors (Lipinski definition) is 5. The molecule has 2 heterocycles. The van der Waals surface area contributed by atoms with Gasteiger partial charge in [-0.05, 0) is 48.6 Å². The number of carbonyl (C=O) groups is 1. The highest BCUT2D eigenvalue weighted by molar-refractivity contribution is 7.09. The molecule has 1 aliphatic carbocycles. The summed E-state index contributed by atoms with van der Waals surface area (Å²) in [7, 11) is 0. The molecule has 0 unspecified atom stereocenters. The summed E-state index contributed by atoms with van der Waals surface area (Å²) < 4.78 is 5.16. The molecule has 0 bridgehead atoms. The zero-order valence-corrected chi connectivity index (χ0v) is 16.7. The van der Waals surface area contributed by atoms with Crippen molar-refractivity contribution in [1.82, 2.24) is 15.0 Å². The minimum Gasteiger partial charge on any atom is -0.339 e. The Hall–Kier alpha value is -2.67. The summed E-state index contributed by atoms with van der Waals surface area (Å²) in [6.45, 7) is 2.64. The normalized spacial score (nSPS) is 14.3. The molecule has 2 amide bonds. The van der Waals surface area contributed by atoms with Gasteiger partial charge in [-0.2, -0.15) is 4.98 Å². The van der Waals surface area contributed by atoms with Crippen LogP contribution < -0.4 is 5.32 Å². The number of aryl methyl sites for hydroxylation is 1. The maximum absolute atomic E-state index is 13.0. The maximum atomic E-state index is 13.0. The topological polar surface area (TPSA) is 71.3 Å². The fourth-order valence-corrected chi connectivity index (χ4v) is 4.27. The lowest BCUT2D eigenvalue weighted by Gasteiger charge is -2.28. The van der Waals surface area contributed by atoms with E-state index < -0.39 is 0 Å². The number of thiophene rings is 1. The number of rotatable bonds is 6. The van der Waals surface area contributed by atoms with Gasteiger partial charge >= 0.3 is 6.03 Å². The van der Waals surface area contributed by atoms with Crippen LogP contribution in [0.3, 0.4) is 0 Å². The summed E-state index contributed by atoms with van der Waals surface area (Å²) in [5, 5.41) is 9.10. The van der Waals surface area contributed by atoms with Crippen LogP contribution in [0.2, 0.25) is 0 Å². The molecule has 0 atom stereocenters. The van der Waals surface area contributed by atoms with Crippen molar-refractivity contribution in [2.45, 2.75) is 51.6 Å². The van der Waals surface area contributed by atoms with E-state index in [0.717, 1.165) is 24.1 Å². The molecule has 0 saturated heterocycles. The van der Waals surface area contributed by atoms with Crippen molar-refractivity contribution in [2.75, 3.05) is 5.32 Å². The lowest BCUT2D eigenvalue weighted by molar-refractivity contribution is 0.185. The van der Waals surface area contributed by atoms with E-state index in [4.69, 9.17) is 4.52 Å². The number of carbonyl (C=O) groups excluding carboxylic acids is 1. The Morgan fingerprint density at radius 1 is 1.25 bits per heavy atom. The van der Waals surface area contributed by atoms with Gasteiger partial charge in [0.15, 0.2) is 0 Å². The molecular weight excluding hydrogens is 372 g/mol. The first-order valence-corrected chi connectivity index (χ1v) is 10.6. The monoisotopic (exact) mass is 396 g/mol. The smallest absolute Gasteiger partial charge is 0.322 e. The fraction of sp³-hybridized carbons (Fsp3) is 0.381. The summed E-state index contributed by atoms with van der Waals surface area (Å²) >= 11 is 1.69. The number of urea groups is 1. The molecule has 7 heteroatoms. The van der Waals surface area contributed by atoms with E-state index in [-0.39, 0.29) is 6.03 Å². The highest BCUT2D eigenvalue weighted by atomic mass is 32.1. The van der Waals surface area contributed by atoms with E-state index in [9.17, 15) is 4.79 Å². The van der Waals surface area contributed by atoms with Gasteiger partial charge in [-0.3, -0.25) is 0 Å². The zero-order chi connectivity index (χ0) is 19.3. The molecule has 146 valence electrons. The Balaban J connectivity index is 1.45. The average molecular weight is 397 g/mol. The second-order valence-corrected chi connectivity index (χ2v) is 8.05. The molecule has 1 N–H and O–H groups in total. The van der Waals surface area contributed by atoms with Crippen LogP contribution in [-0.2, 0) is 13.0 Å². The van der Waals surface area contributed by atoms with Gasteiger partial charge in [0.05, 0.1) is 6.54 Å². The molecule has 0 aliphatic heterocycles. The molecule has 4 rings (SSSR count). The van der Waals surface area contributed by atoms with Gasteiger partial charge in [0, 0.05) is 28.6 Å². The molecule has 1 fully saturated rings. The highest BCUT2D eigenvalue weighted by Crippen LogP contribution is 2.27. The number of nitrogens with one attached hydrogen (secondary N) is 1. The van der Waals surface area contributed by atoms with Crippen LogP contribution in [0.25, 0.3) is 11.4 Å². The van der Waals surface area contributed by atoms with Gasteiger partial charge in [-0.15, -0.1) is 11.3 Å². The molecule has 3 aromatic rings. The second kappa shape index (κ2) is 8.56. The van der Waals surface area contributed by atoms with Crippen LogP contribution in [0.1, 0.15) is 43.4 Å². The summed E-state index contributed by atoms with van der Waals surface area (Å²) in [5.74, 6) is 1.19. The number of hydrogen-bond donors (Lipinski definition) is 1. The van der Waals surface area contributed by atoms with Crippen molar-refractivity contribution in [1.29, 1.82) is 0 Å². The van der Waals surface area contributed by atoms with Crippen LogP contribution >= 0.6 is 11.3 Å². The highest BCUT2D eigenvalue weighted by Gasteiger charge is 2.27. The predicted octanol–water partition coefficient (Wildman–Crippen LogP) is 5.34. The first kappa shape index (κ1) is 18.7. The van der Waals surface area contributed by atoms with Crippen LogP contribution in [0.15, 0.2) is 46.3 Å². The average Bonchev–Trinajstić information content (AvgIpc) is 3.49. The van der Waals surface area contributed by atoms with Crippen LogP contribution in [0.4, 0.5) is 10.5 Å². The molecule has 28 heavy (non-hydrogen) atoms. The van der Waals surface area contributed by atoms with E-state index in [1.54, 1.807) is 11.3 Å². The molecule has 2 aromatic heterocycles. The Morgan fingerprint density at radius 3 is 2.68 bits per heavy atom. The van der Waals surface area contributed by atoms with Gasteiger partial charge in [0.25, 0.3) is 0 Å². The lowest BCUT2D eigenvalue weighted by atomic mass is 10.2. The third kappa shape index (κ3) is 4.25. The number of anilines is 1. The molecule has 1 aromatic carbocycles. The fourth-order valence-electron chi connectivity index (χ4n) is 3.57. The van der Waals surface area contributed by atoms with Crippen molar-refractivity contribution >= 4 is 23.1 Å².